The van der Waals surface area contributed by atoms with E-state index in [0.29, 0.717) is 22.2 Å². The molecule has 110 valence electrons. The van der Waals surface area contributed by atoms with Gasteiger partial charge in [0, 0.05) is 18.0 Å². The summed E-state index contributed by atoms with van der Waals surface area (Å²) in [5, 5.41) is 3.88. The second-order valence-corrected chi connectivity index (χ2v) is 6.02. The quantitative estimate of drug-likeness (QED) is 0.903. The van der Waals surface area contributed by atoms with Crippen LogP contribution < -0.4 is 5.32 Å². The zero-order valence-electron chi connectivity index (χ0n) is 11.5. The van der Waals surface area contributed by atoms with Crippen molar-refractivity contribution in [3.05, 3.63) is 28.2 Å². The first kappa shape index (κ1) is 15.6. The van der Waals surface area contributed by atoms with E-state index < -0.39 is 0 Å². The highest BCUT2D eigenvalue weighted by atomic mass is 35.5. The zero-order valence-corrected chi connectivity index (χ0v) is 13.0. The van der Waals surface area contributed by atoms with Crippen LogP contribution in [-0.4, -0.2) is 30.4 Å². The number of carbonyl (C=O) groups excluding carboxylic acids is 1. The molecule has 0 aliphatic carbocycles. The van der Waals surface area contributed by atoms with Crippen molar-refractivity contribution in [1.29, 1.82) is 0 Å². The molecule has 0 radical (unpaired) electrons. The van der Waals surface area contributed by atoms with Gasteiger partial charge >= 0.3 is 0 Å². The maximum Gasteiger partial charge on any atom is 0.225 e. The first-order valence-electron chi connectivity index (χ1n) is 7.12. The third-order valence-corrected chi connectivity index (χ3v) is 4.11. The minimum Gasteiger partial charge on any atom is -0.325 e. The van der Waals surface area contributed by atoms with Crippen LogP contribution in [0, 0.1) is 0 Å². The molecule has 1 heterocycles. The normalized spacial score (nSPS) is 16.7. The summed E-state index contributed by atoms with van der Waals surface area (Å²) < 4.78 is 0. The summed E-state index contributed by atoms with van der Waals surface area (Å²) in [6, 6.07) is 5.08. The molecule has 20 heavy (non-hydrogen) atoms. The number of hydrogen-bond acceptors (Lipinski definition) is 2. The molecule has 1 aromatic rings. The van der Waals surface area contributed by atoms with Gasteiger partial charge in [-0.2, -0.15) is 0 Å². The predicted octanol–water partition coefficient (Wildman–Crippen LogP) is 4.20. The number of hydrogen-bond donors (Lipinski definition) is 1. The number of halogens is 2. The van der Waals surface area contributed by atoms with E-state index in [4.69, 9.17) is 23.2 Å². The average Bonchev–Trinajstić information content (AvgIpc) is 2.68. The SMILES string of the molecule is O=C(CCN1CCCCCC1)Nc1ccc(Cl)cc1Cl. The van der Waals surface area contributed by atoms with Crippen LogP contribution in [0.4, 0.5) is 5.69 Å². The molecule has 0 saturated carbocycles. The monoisotopic (exact) mass is 314 g/mol. The van der Waals surface area contributed by atoms with E-state index in [2.05, 4.69) is 10.2 Å². The Morgan fingerprint density at radius 1 is 1.15 bits per heavy atom. The van der Waals surface area contributed by atoms with Crippen LogP contribution in [0.3, 0.4) is 0 Å². The van der Waals surface area contributed by atoms with Gasteiger partial charge in [0.15, 0.2) is 0 Å². The number of amides is 1. The van der Waals surface area contributed by atoms with Crippen molar-refractivity contribution >= 4 is 34.8 Å². The molecule has 0 aromatic heterocycles. The molecule has 1 aliphatic rings. The Bertz CT molecular complexity index is 457. The van der Waals surface area contributed by atoms with E-state index in [1.54, 1.807) is 18.2 Å². The lowest BCUT2D eigenvalue weighted by molar-refractivity contribution is -0.116. The largest absolute Gasteiger partial charge is 0.325 e. The molecule has 0 bridgehead atoms. The molecular weight excluding hydrogens is 295 g/mol. The number of carbonyl (C=O) groups is 1. The molecule has 1 aliphatic heterocycles. The van der Waals surface area contributed by atoms with E-state index in [1.165, 1.54) is 25.7 Å². The summed E-state index contributed by atoms with van der Waals surface area (Å²) in [5.41, 5.74) is 0.622. The molecule has 1 aromatic carbocycles. The van der Waals surface area contributed by atoms with Crippen molar-refractivity contribution < 1.29 is 4.79 Å². The highest BCUT2D eigenvalue weighted by Gasteiger charge is 2.11. The van der Waals surface area contributed by atoms with Crippen molar-refractivity contribution in [3.63, 3.8) is 0 Å². The highest BCUT2D eigenvalue weighted by Crippen LogP contribution is 2.25. The molecule has 0 unspecified atom stereocenters. The minimum absolute atomic E-state index is 0.00142. The van der Waals surface area contributed by atoms with E-state index in [-0.39, 0.29) is 5.91 Å². The smallest absolute Gasteiger partial charge is 0.225 e. The first-order valence-corrected chi connectivity index (χ1v) is 7.88. The number of rotatable bonds is 4. The topological polar surface area (TPSA) is 32.3 Å². The van der Waals surface area contributed by atoms with Crippen molar-refractivity contribution in [1.82, 2.24) is 4.90 Å². The molecule has 2 rings (SSSR count). The van der Waals surface area contributed by atoms with E-state index in [1.807, 2.05) is 0 Å². The summed E-state index contributed by atoms with van der Waals surface area (Å²) in [6.45, 7) is 3.03. The van der Waals surface area contributed by atoms with Gasteiger partial charge in [-0.15, -0.1) is 0 Å². The van der Waals surface area contributed by atoms with Crippen molar-refractivity contribution in [2.45, 2.75) is 32.1 Å². The van der Waals surface area contributed by atoms with Crippen molar-refractivity contribution in [2.24, 2.45) is 0 Å². The van der Waals surface area contributed by atoms with Crippen molar-refractivity contribution in [2.75, 3.05) is 25.0 Å². The first-order chi connectivity index (χ1) is 9.65. The predicted molar refractivity (Wildman–Crippen MR) is 84.6 cm³/mol. The van der Waals surface area contributed by atoms with Crippen LogP contribution in [0.15, 0.2) is 18.2 Å². The zero-order chi connectivity index (χ0) is 14.4. The fraction of sp³-hybridized carbons (Fsp3) is 0.533. The van der Waals surface area contributed by atoms with Crippen LogP contribution in [-0.2, 0) is 4.79 Å². The second-order valence-electron chi connectivity index (χ2n) is 5.18. The molecule has 0 spiro atoms. The van der Waals surface area contributed by atoms with Crippen molar-refractivity contribution in [3.8, 4) is 0 Å². The van der Waals surface area contributed by atoms with Crippen LogP contribution in [0.2, 0.25) is 10.0 Å². The van der Waals surface area contributed by atoms with Gasteiger partial charge in [-0.25, -0.2) is 0 Å². The van der Waals surface area contributed by atoms with Gasteiger partial charge in [0.05, 0.1) is 10.7 Å². The third-order valence-electron chi connectivity index (χ3n) is 3.56. The molecule has 0 atom stereocenters. The molecule has 1 amide bonds. The Labute approximate surface area is 130 Å². The van der Waals surface area contributed by atoms with Crippen LogP contribution in [0.5, 0.6) is 0 Å². The number of nitrogens with one attached hydrogen (secondary N) is 1. The highest BCUT2D eigenvalue weighted by molar-refractivity contribution is 6.36. The lowest BCUT2D eigenvalue weighted by Crippen LogP contribution is -2.28. The molecule has 5 heteroatoms. The van der Waals surface area contributed by atoms with Gasteiger partial charge in [0.25, 0.3) is 0 Å². The molecule has 1 N–H and O–H groups in total. The summed E-state index contributed by atoms with van der Waals surface area (Å²) in [6.07, 6.45) is 5.60. The summed E-state index contributed by atoms with van der Waals surface area (Å²) in [7, 11) is 0. The maximum absolute atomic E-state index is 11.9. The summed E-state index contributed by atoms with van der Waals surface area (Å²) >= 11 is 11.9. The lowest BCUT2D eigenvalue weighted by Gasteiger charge is -2.19. The lowest BCUT2D eigenvalue weighted by atomic mass is 10.2. The molecule has 3 nitrogen and oxygen atoms in total. The number of likely N-dealkylation sites (tertiary alicyclic amines) is 1. The van der Waals surface area contributed by atoms with Gasteiger partial charge in [-0.05, 0) is 44.1 Å². The minimum atomic E-state index is -0.00142. The van der Waals surface area contributed by atoms with Crippen LogP contribution in [0.25, 0.3) is 0 Å². The number of anilines is 1. The Morgan fingerprint density at radius 3 is 2.50 bits per heavy atom. The molecule has 1 fully saturated rings. The maximum atomic E-state index is 11.9. The van der Waals surface area contributed by atoms with Crippen LogP contribution in [0.1, 0.15) is 32.1 Å². The van der Waals surface area contributed by atoms with Gasteiger partial charge in [-0.1, -0.05) is 36.0 Å². The Kier molecular flexibility index (Phi) is 6.14. The number of nitrogens with zero attached hydrogens (tertiary/aromatic N) is 1. The molecule has 1 saturated heterocycles. The van der Waals surface area contributed by atoms with E-state index >= 15 is 0 Å². The number of benzene rings is 1. The van der Waals surface area contributed by atoms with Gasteiger partial charge in [0.2, 0.25) is 5.91 Å². The van der Waals surface area contributed by atoms with Gasteiger partial charge < -0.3 is 10.2 Å². The fourth-order valence-corrected chi connectivity index (χ4v) is 2.88. The Balaban J connectivity index is 1.79. The fourth-order valence-electron chi connectivity index (χ4n) is 2.42. The van der Waals surface area contributed by atoms with E-state index in [9.17, 15) is 4.79 Å². The average molecular weight is 315 g/mol. The van der Waals surface area contributed by atoms with Gasteiger partial charge in [-0.3, -0.25) is 4.79 Å². The Morgan fingerprint density at radius 2 is 1.85 bits per heavy atom. The third kappa shape index (κ3) is 4.97. The van der Waals surface area contributed by atoms with E-state index in [0.717, 1.165) is 19.6 Å². The van der Waals surface area contributed by atoms with Gasteiger partial charge in [0.1, 0.15) is 0 Å². The standard InChI is InChI=1S/C15H20Cl2N2O/c16-12-5-6-14(13(17)11-12)18-15(20)7-10-19-8-3-1-2-4-9-19/h5-6,11H,1-4,7-10H2,(H,18,20). The summed E-state index contributed by atoms with van der Waals surface area (Å²) in [5.74, 6) is -0.00142. The second kappa shape index (κ2) is 7.87. The van der Waals surface area contributed by atoms with Crippen LogP contribution >= 0.6 is 23.2 Å². The Hall–Kier alpha value is -0.770. The summed E-state index contributed by atoms with van der Waals surface area (Å²) in [4.78, 5) is 14.3. The molecular formula is C15H20Cl2N2O.